The highest BCUT2D eigenvalue weighted by Crippen LogP contribution is 2.33. The third-order valence-corrected chi connectivity index (χ3v) is 5.97. The maximum absolute atomic E-state index is 12.2. The summed E-state index contributed by atoms with van der Waals surface area (Å²) in [6.07, 6.45) is 4.09. The van der Waals surface area contributed by atoms with Gasteiger partial charge < -0.3 is 14.4 Å². The van der Waals surface area contributed by atoms with Crippen LogP contribution >= 0.6 is 11.3 Å². The van der Waals surface area contributed by atoms with E-state index in [2.05, 4.69) is 17.1 Å². The minimum atomic E-state index is 0.000673. The maximum atomic E-state index is 12.2. The molecule has 26 heavy (non-hydrogen) atoms. The van der Waals surface area contributed by atoms with Gasteiger partial charge in [-0.2, -0.15) is 0 Å². The molecule has 1 fully saturated rings. The second kappa shape index (κ2) is 6.41. The Morgan fingerprint density at radius 1 is 1.23 bits per heavy atom. The molecule has 134 valence electrons. The molecule has 7 heteroatoms. The van der Waals surface area contributed by atoms with E-state index in [1.807, 2.05) is 11.4 Å². The van der Waals surface area contributed by atoms with Crippen LogP contribution in [0.5, 0.6) is 11.5 Å². The lowest BCUT2D eigenvalue weighted by Gasteiger charge is -2.24. The predicted molar refractivity (Wildman–Crippen MR) is 98.3 cm³/mol. The topological polar surface area (TPSA) is 57.3 Å². The second-order valence-corrected chi connectivity index (χ2v) is 7.70. The van der Waals surface area contributed by atoms with E-state index in [0.29, 0.717) is 19.3 Å². The number of likely N-dealkylation sites (tertiary alicyclic amines) is 1. The van der Waals surface area contributed by atoms with Crippen LogP contribution in [0.25, 0.3) is 4.96 Å². The van der Waals surface area contributed by atoms with Gasteiger partial charge in [-0.05, 0) is 18.2 Å². The van der Waals surface area contributed by atoms with Crippen LogP contribution in [0, 0.1) is 0 Å². The van der Waals surface area contributed by atoms with Crippen LogP contribution in [-0.2, 0) is 6.54 Å². The van der Waals surface area contributed by atoms with Crippen molar-refractivity contribution in [3.8, 4) is 11.5 Å². The van der Waals surface area contributed by atoms with Gasteiger partial charge in [-0.1, -0.05) is 0 Å². The normalized spacial score (nSPS) is 22.0. The van der Waals surface area contributed by atoms with Gasteiger partial charge >= 0.3 is 0 Å². The van der Waals surface area contributed by atoms with Crippen molar-refractivity contribution in [2.24, 2.45) is 0 Å². The van der Waals surface area contributed by atoms with Gasteiger partial charge in [0.25, 0.3) is 5.56 Å². The first-order valence-electron chi connectivity index (χ1n) is 8.98. The number of nitrogens with zero attached hydrogens (tertiary/aromatic N) is 2. The molecule has 2 aliphatic rings. The van der Waals surface area contributed by atoms with Crippen LogP contribution in [-0.4, -0.2) is 29.1 Å². The number of ether oxygens (including phenoxy) is 2. The first kappa shape index (κ1) is 15.8. The van der Waals surface area contributed by atoms with Gasteiger partial charge in [-0.15, -0.1) is 11.3 Å². The molecule has 1 unspecified atom stereocenters. The van der Waals surface area contributed by atoms with E-state index in [4.69, 9.17) is 9.47 Å². The van der Waals surface area contributed by atoms with E-state index in [0.717, 1.165) is 41.7 Å². The summed E-state index contributed by atoms with van der Waals surface area (Å²) in [7, 11) is 0. The van der Waals surface area contributed by atoms with Crippen molar-refractivity contribution < 1.29 is 14.4 Å². The van der Waals surface area contributed by atoms with Crippen LogP contribution in [0.3, 0.4) is 0 Å². The molecule has 5 rings (SSSR count). The quantitative estimate of drug-likeness (QED) is 0.758. The Labute approximate surface area is 154 Å². The molecule has 0 spiro atoms. The van der Waals surface area contributed by atoms with Crippen LogP contribution in [0.4, 0.5) is 0 Å². The molecule has 0 amide bonds. The Morgan fingerprint density at radius 3 is 3.04 bits per heavy atom. The first-order chi connectivity index (χ1) is 12.8. The van der Waals surface area contributed by atoms with E-state index in [1.54, 1.807) is 16.7 Å². The summed E-state index contributed by atoms with van der Waals surface area (Å²) in [4.78, 5) is 19.1. The summed E-state index contributed by atoms with van der Waals surface area (Å²) in [5.41, 5.74) is 2.15. The fourth-order valence-electron chi connectivity index (χ4n) is 4.01. The largest absolute Gasteiger partial charge is 0.486 e. The molecule has 4 heterocycles. The number of quaternary nitrogens is 1. The van der Waals surface area contributed by atoms with Gasteiger partial charge in [-0.25, -0.2) is 4.98 Å². The predicted octanol–water partition coefficient (Wildman–Crippen LogP) is 1.45. The molecule has 1 aromatic carbocycles. The zero-order valence-electron chi connectivity index (χ0n) is 14.3. The van der Waals surface area contributed by atoms with Crippen molar-refractivity contribution in [1.29, 1.82) is 0 Å². The zero-order chi connectivity index (χ0) is 17.5. The van der Waals surface area contributed by atoms with E-state index in [1.165, 1.54) is 28.2 Å². The first-order valence-corrected chi connectivity index (χ1v) is 9.86. The number of rotatable bonds is 3. The monoisotopic (exact) mass is 370 g/mol. The third kappa shape index (κ3) is 2.77. The molecule has 3 aromatic rings. The van der Waals surface area contributed by atoms with Crippen LogP contribution in [0.1, 0.15) is 30.1 Å². The number of thiazole rings is 1. The Bertz CT molecular complexity index is 1010. The molecule has 0 saturated carbocycles. The molecule has 6 nitrogen and oxygen atoms in total. The van der Waals surface area contributed by atoms with Crippen molar-refractivity contribution in [2.45, 2.75) is 25.4 Å². The number of aromatic nitrogens is 2. The van der Waals surface area contributed by atoms with Crippen LogP contribution in [0.2, 0.25) is 0 Å². The summed E-state index contributed by atoms with van der Waals surface area (Å²) < 4.78 is 13.0. The van der Waals surface area contributed by atoms with Crippen molar-refractivity contribution in [3.63, 3.8) is 0 Å². The summed E-state index contributed by atoms with van der Waals surface area (Å²) >= 11 is 1.50. The van der Waals surface area contributed by atoms with Gasteiger partial charge in [0.15, 0.2) is 16.5 Å². The van der Waals surface area contributed by atoms with Crippen molar-refractivity contribution in [2.75, 3.05) is 19.8 Å². The Balaban J connectivity index is 1.42. The minimum absolute atomic E-state index is 0.000673. The zero-order valence-corrected chi connectivity index (χ0v) is 15.1. The van der Waals surface area contributed by atoms with Gasteiger partial charge in [0.2, 0.25) is 0 Å². The van der Waals surface area contributed by atoms with Crippen LogP contribution < -0.4 is 19.9 Å². The Morgan fingerprint density at radius 2 is 2.12 bits per heavy atom. The van der Waals surface area contributed by atoms with E-state index in [9.17, 15) is 4.79 Å². The highest BCUT2D eigenvalue weighted by atomic mass is 32.1. The SMILES string of the molecule is O=c1cc(C[NH+]2CCC[C@@H]2c2ccc3c(c2)OCCO3)nc2sccn12. The lowest BCUT2D eigenvalue weighted by Crippen LogP contribution is -3.09. The molecule has 2 atom stereocenters. The molecule has 0 radical (unpaired) electrons. The van der Waals surface area contributed by atoms with Crippen molar-refractivity contribution in [3.05, 3.63) is 57.5 Å². The van der Waals surface area contributed by atoms with Crippen LogP contribution in [0.15, 0.2) is 40.6 Å². The highest BCUT2D eigenvalue weighted by Gasteiger charge is 2.31. The summed E-state index contributed by atoms with van der Waals surface area (Å²) in [6.45, 7) is 3.07. The Hall–Kier alpha value is -2.38. The molecule has 1 saturated heterocycles. The Kier molecular flexibility index (Phi) is 3.90. The summed E-state index contributed by atoms with van der Waals surface area (Å²) in [6, 6.07) is 8.35. The van der Waals surface area contributed by atoms with Gasteiger partial charge in [0.1, 0.15) is 31.5 Å². The summed E-state index contributed by atoms with van der Waals surface area (Å²) in [5.74, 6) is 1.67. The van der Waals surface area contributed by atoms with E-state index in [-0.39, 0.29) is 5.56 Å². The highest BCUT2D eigenvalue weighted by molar-refractivity contribution is 7.15. The molecule has 2 aromatic heterocycles. The maximum Gasteiger partial charge on any atom is 0.258 e. The standard InChI is InChI=1S/C19H19N3O3S/c23-18-11-14(20-19-22(18)6-9-26-19)12-21-5-1-2-15(21)13-3-4-16-17(10-13)25-8-7-24-16/h3-4,6,9-11,15H,1-2,5,7-8,12H2/p+1/t15-/m1/s1. The second-order valence-electron chi connectivity index (χ2n) is 6.82. The molecule has 0 aliphatic carbocycles. The molecule has 2 aliphatic heterocycles. The molecule has 1 N–H and O–H groups in total. The third-order valence-electron chi connectivity index (χ3n) is 5.22. The smallest absolute Gasteiger partial charge is 0.258 e. The van der Waals surface area contributed by atoms with Gasteiger partial charge in [0, 0.05) is 36.0 Å². The summed E-state index contributed by atoms with van der Waals surface area (Å²) in [5, 5.41) is 1.90. The fourth-order valence-corrected chi connectivity index (χ4v) is 4.75. The number of fused-ring (bicyclic) bond motifs is 2. The average molecular weight is 370 g/mol. The number of hydrogen-bond acceptors (Lipinski definition) is 5. The van der Waals surface area contributed by atoms with E-state index >= 15 is 0 Å². The number of benzene rings is 1. The molecular weight excluding hydrogens is 350 g/mol. The fraction of sp³-hybridized carbons (Fsp3) is 0.368. The minimum Gasteiger partial charge on any atom is -0.486 e. The van der Waals surface area contributed by atoms with Crippen molar-refractivity contribution >= 4 is 16.3 Å². The van der Waals surface area contributed by atoms with E-state index < -0.39 is 0 Å². The number of nitrogens with one attached hydrogen (secondary N) is 1. The van der Waals surface area contributed by atoms with Gasteiger partial charge in [-0.3, -0.25) is 9.20 Å². The van der Waals surface area contributed by atoms with Gasteiger partial charge in [0.05, 0.1) is 6.54 Å². The lowest BCUT2D eigenvalue weighted by atomic mass is 10.0. The molecular formula is C19H20N3O3S+. The number of hydrogen-bond donors (Lipinski definition) is 1. The average Bonchev–Trinajstić information content (AvgIpc) is 3.31. The van der Waals surface area contributed by atoms with Crippen molar-refractivity contribution in [1.82, 2.24) is 9.38 Å². The molecule has 0 bridgehead atoms. The lowest BCUT2D eigenvalue weighted by molar-refractivity contribution is -0.932.